The molecule has 2 bridgehead atoms. The average molecular weight is 270 g/mol. The van der Waals surface area contributed by atoms with Crippen molar-refractivity contribution in [1.29, 1.82) is 0 Å². The molecule has 4 fully saturated rings. The highest BCUT2D eigenvalue weighted by atomic mass is 16.3. The summed E-state index contributed by atoms with van der Waals surface area (Å²) in [6, 6.07) is 9.74. The Morgan fingerprint density at radius 3 is 2.65 bits per heavy atom. The topological polar surface area (TPSA) is 52.6 Å². The number of nitrogens with one attached hydrogen (secondary N) is 1. The van der Waals surface area contributed by atoms with Gasteiger partial charge in [-0.25, -0.2) is 0 Å². The van der Waals surface area contributed by atoms with Crippen molar-refractivity contribution in [3.05, 3.63) is 41.6 Å². The maximum absolute atomic E-state index is 12.3. The Kier molecular flexibility index (Phi) is 2.53. The van der Waals surface area contributed by atoms with E-state index < -0.39 is 5.60 Å². The van der Waals surface area contributed by atoms with Crippen LogP contribution in [0.15, 0.2) is 36.0 Å². The van der Waals surface area contributed by atoms with Crippen LogP contribution in [0.4, 0.5) is 0 Å². The molecule has 1 amide bonds. The summed E-state index contributed by atoms with van der Waals surface area (Å²) in [7, 11) is 0. The molecular weight excluding hydrogens is 252 g/mol. The van der Waals surface area contributed by atoms with E-state index in [4.69, 9.17) is 0 Å². The largest absolute Gasteiger partial charge is 0.378 e. The Labute approximate surface area is 118 Å². The van der Waals surface area contributed by atoms with Crippen molar-refractivity contribution >= 4 is 12.0 Å². The Bertz CT molecular complexity index is 575. The third-order valence-electron chi connectivity index (χ3n) is 4.97. The number of piperidine rings is 3. The van der Waals surface area contributed by atoms with Crippen molar-refractivity contribution in [2.75, 3.05) is 13.1 Å². The number of carbonyl (C=O) groups is 1. The molecule has 4 aliphatic rings. The molecule has 1 aromatic carbocycles. The first kappa shape index (κ1) is 12.1. The van der Waals surface area contributed by atoms with E-state index in [2.05, 4.69) is 10.2 Å². The fraction of sp³-hybridized carbons (Fsp3) is 0.438. The molecule has 20 heavy (non-hydrogen) atoms. The zero-order valence-corrected chi connectivity index (χ0v) is 11.2. The summed E-state index contributed by atoms with van der Waals surface area (Å²) in [6.07, 6.45) is 3.82. The van der Waals surface area contributed by atoms with Gasteiger partial charge in [0.25, 0.3) is 5.91 Å². The lowest BCUT2D eigenvalue weighted by Gasteiger charge is -2.51. The Morgan fingerprint density at radius 2 is 1.95 bits per heavy atom. The molecule has 4 aliphatic heterocycles. The number of aliphatic hydroxyl groups is 1. The summed E-state index contributed by atoms with van der Waals surface area (Å²) in [5.41, 5.74) is 0.666. The van der Waals surface area contributed by atoms with Gasteiger partial charge in [-0.1, -0.05) is 30.3 Å². The molecule has 2 atom stereocenters. The average Bonchev–Trinajstić information content (AvgIpc) is 2.75. The molecule has 104 valence electrons. The lowest BCUT2D eigenvalue weighted by atomic mass is 9.70. The summed E-state index contributed by atoms with van der Waals surface area (Å²) in [5, 5.41) is 13.8. The number of carbonyl (C=O) groups excluding carboxylic acids is 1. The van der Waals surface area contributed by atoms with Gasteiger partial charge in [-0.3, -0.25) is 9.69 Å². The summed E-state index contributed by atoms with van der Waals surface area (Å²) in [5.74, 6) is -0.127. The highest BCUT2D eigenvalue weighted by Crippen LogP contribution is 2.46. The zero-order valence-electron chi connectivity index (χ0n) is 11.2. The number of hydrogen-bond donors (Lipinski definition) is 2. The maximum atomic E-state index is 12.3. The molecular formula is C16H18N2O2. The van der Waals surface area contributed by atoms with Crippen LogP contribution < -0.4 is 5.32 Å². The van der Waals surface area contributed by atoms with Crippen molar-refractivity contribution in [1.82, 2.24) is 10.2 Å². The van der Waals surface area contributed by atoms with Crippen LogP contribution in [0.3, 0.4) is 0 Å². The van der Waals surface area contributed by atoms with Crippen LogP contribution in [0.25, 0.3) is 6.08 Å². The molecule has 0 spiro atoms. The fourth-order valence-electron chi connectivity index (χ4n) is 3.99. The minimum absolute atomic E-state index is 0.0965. The molecule has 5 rings (SSSR count). The van der Waals surface area contributed by atoms with Gasteiger partial charge in [-0.15, -0.1) is 0 Å². The van der Waals surface area contributed by atoms with Gasteiger partial charge in [0.05, 0.1) is 6.04 Å². The third kappa shape index (κ3) is 1.52. The predicted molar refractivity (Wildman–Crippen MR) is 75.6 cm³/mol. The first-order chi connectivity index (χ1) is 9.69. The molecule has 0 radical (unpaired) electrons. The lowest BCUT2D eigenvalue weighted by molar-refractivity contribution is -0.163. The van der Waals surface area contributed by atoms with Gasteiger partial charge in [0.2, 0.25) is 0 Å². The lowest BCUT2D eigenvalue weighted by Crippen LogP contribution is -2.66. The maximum Gasteiger partial charge on any atom is 0.258 e. The minimum Gasteiger partial charge on any atom is -0.378 e. The van der Waals surface area contributed by atoms with E-state index in [9.17, 15) is 9.90 Å². The van der Waals surface area contributed by atoms with Gasteiger partial charge in [-0.05, 0) is 37.6 Å². The Balaban J connectivity index is 1.77. The van der Waals surface area contributed by atoms with Gasteiger partial charge in [-0.2, -0.15) is 0 Å². The molecule has 0 aliphatic carbocycles. The standard InChI is InChI=1S/C16H18N2O2/c19-15-16(20)12-6-8-18(9-7-12)14(16)13(17-15)10-11-4-2-1-3-5-11/h1-5,10,12,14,20H,6-9H2,(H,17,19)/b13-10+/t14-,16+/m0/s1. The normalized spacial score (nSPS) is 40.8. The second-order valence-corrected chi connectivity index (χ2v) is 6.00. The minimum atomic E-state index is -1.23. The van der Waals surface area contributed by atoms with E-state index in [-0.39, 0.29) is 17.9 Å². The molecule has 0 aromatic heterocycles. The first-order valence-electron chi connectivity index (χ1n) is 7.24. The molecule has 4 nitrogen and oxygen atoms in total. The van der Waals surface area contributed by atoms with Crippen molar-refractivity contribution in [3.63, 3.8) is 0 Å². The fourth-order valence-corrected chi connectivity index (χ4v) is 3.99. The van der Waals surface area contributed by atoms with Crippen LogP contribution in [0.1, 0.15) is 18.4 Å². The van der Waals surface area contributed by atoms with Crippen molar-refractivity contribution < 1.29 is 9.90 Å². The van der Waals surface area contributed by atoms with Gasteiger partial charge in [0.1, 0.15) is 0 Å². The monoisotopic (exact) mass is 270 g/mol. The molecule has 4 saturated heterocycles. The highest BCUT2D eigenvalue weighted by molar-refractivity contribution is 5.94. The van der Waals surface area contributed by atoms with Crippen LogP contribution in [0.2, 0.25) is 0 Å². The van der Waals surface area contributed by atoms with Gasteiger partial charge in [0.15, 0.2) is 5.60 Å². The molecule has 4 heterocycles. The van der Waals surface area contributed by atoms with Crippen molar-refractivity contribution in [2.24, 2.45) is 5.92 Å². The first-order valence-corrected chi connectivity index (χ1v) is 7.24. The Hall–Kier alpha value is -1.65. The van der Waals surface area contributed by atoms with Crippen LogP contribution in [-0.2, 0) is 4.79 Å². The van der Waals surface area contributed by atoms with E-state index in [1.807, 2.05) is 36.4 Å². The Morgan fingerprint density at radius 1 is 1.25 bits per heavy atom. The van der Waals surface area contributed by atoms with Crippen molar-refractivity contribution in [2.45, 2.75) is 24.5 Å². The van der Waals surface area contributed by atoms with E-state index in [1.54, 1.807) is 0 Å². The molecule has 4 heteroatoms. The number of fused-ring (bicyclic) bond motifs is 2. The van der Waals surface area contributed by atoms with Gasteiger partial charge >= 0.3 is 0 Å². The highest BCUT2D eigenvalue weighted by Gasteiger charge is 2.62. The summed E-state index contributed by atoms with van der Waals surface area (Å²) in [4.78, 5) is 14.5. The zero-order chi connectivity index (χ0) is 13.7. The van der Waals surface area contributed by atoms with Crippen LogP contribution >= 0.6 is 0 Å². The summed E-state index contributed by atoms with van der Waals surface area (Å²) in [6.45, 7) is 1.94. The number of rotatable bonds is 1. The van der Waals surface area contributed by atoms with E-state index in [0.29, 0.717) is 0 Å². The van der Waals surface area contributed by atoms with Crippen LogP contribution in [0.5, 0.6) is 0 Å². The second kappa shape index (κ2) is 4.17. The van der Waals surface area contributed by atoms with E-state index in [1.165, 1.54) is 0 Å². The number of hydrogen-bond acceptors (Lipinski definition) is 3. The number of nitrogens with zero attached hydrogens (tertiary/aromatic N) is 1. The molecule has 0 unspecified atom stereocenters. The second-order valence-electron chi connectivity index (χ2n) is 6.00. The quantitative estimate of drug-likeness (QED) is 0.800. The van der Waals surface area contributed by atoms with E-state index in [0.717, 1.165) is 37.2 Å². The molecule has 0 saturated carbocycles. The summed E-state index contributed by atoms with van der Waals surface area (Å²) < 4.78 is 0. The van der Waals surface area contributed by atoms with E-state index >= 15 is 0 Å². The van der Waals surface area contributed by atoms with Crippen LogP contribution in [0, 0.1) is 5.92 Å². The molecule has 1 aromatic rings. The summed E-state index contributed by atoms with van der Waals surface area (Å²) >= 11 is 0. The third-order valence-corrected chi connectivity index (χ3v) is 4.97. The van der Waals surface area contributed by atoms with Crippen molar-refractivity contribution in [3.8, 4) is 0 Å². The van der Waals surface area contributed by atoms with Crippen LogP contribution in [-0.4, -0.2) is 40.6 Å². The smallest absolute Gasteiger partial charge is 0.258 e. The van der Waals surface area contributed by atoms with Gasteiger partial charge < -0.3 is 10.4 Å². The number of amides is 1. The number of benzene rings is 1. The molecule has 2 N–H and O–H groups in total. The predicted octanol–water partition coefficient (Wildman–Crippen LogP) is 0.983. The van der Waals surface area contributed by atoms with Gasteiger partial charge in [0, 0.05) is 11.6 Å². The SMILES string of the molecule is O=C1N/C(=C/c2ccccc2)[C@@H]2N3CCC(CC3)[C@]12O.